The highest BCUT2D eigenvalue weighted by molar-refractivity contribution is 7.16. The lowest BCUT2D eigenvalue weighted by molar-refractivity contribution is 0.234. The van der Waals surface area contributed by atoms with Crippen LogP contribution in [0.25, 0.3) is 10.2 Å². The van der Waals surface area contributed by atoms with Crippen LogP contribution in [-0.4, -0.2) is 34.5 Å². The summed E-state index contributed by atoms with van der Waals surface area (Å²) in [6.45, 7) is 4.32. The molecule has 4 nitrogen and oxygen atoms in total. The monoisotopic (exact) mass is 276 g/mol. The van der Waals surface area contributed by atoms with Gasteiger partial charge in [-0.2, -0.15) is 0 Å². The molecule has 19 heavy (non-hydrogen) atoms. The normalized spacial score (nSPS) is 20.2. The number of rotatable bonds is 4. The quantitative estimate of drug-likeness (QED) is 0.931. The van der Waals surface area contributed by atoms with Crippen LogP contribution in [0, 0.1) is 0 Å². The molecule has 0 radical (unpaired) electrons. The maximum atomic E-state index is 4.70. The third kappa shape index (κ3) is 2.44. The maximum Gasteiger partial charge on any atom is 0.146 e. The molecule has 0 bridgehead atoms. The average Bonchev–Trinajstić information content (AvgIpc) is 3.06. The van der Waals surface area contributed by atoms with Gasteiger partial charge in [0.1, 0.15) is 16.5 Å². The molecule has 1 aliphatic rings. The molecule has 5 heteroatoms. The number of hydrogen-bond acceptors (Lipinski definition) is 5. The first-order valence-electron chi connectivity index (χ1n) is 6.97. The van der Waals surface area contributed by atoms with Crippen molar-refractivity contribution in [2.24, 2.45) is 0 Å². The van der Waals surface area contributed by atoms with E-state index in [9.17, 15) is 0 Å². The van der Waals surface area contributed by atoms with Crippen molar-refractivity contribution >= 4 is 27.4 Å². The fourth-order valence-corrected chi connectivity index (χ4v) is 3.69. The van der Waals surface area contributed by atoms with Crippen LogP contribution in [0.15, 0.2) is 11.4 Å². The minimum Gasteiger partial charge on any atom is -0.372 e. The number of fused-ring (bicyclic) bond motifs is 1. The second-order valence-corrected chi connectivity index (χ2v) is 5.95. The molecule has 0 aromatic carbocycles. The molecule has 102 valence electrons. The third-order valence-corrected chi connectivity index (χ3v) is 4.73. The Morgan fingerprint density at radius 1 is 1.47 bits per heavy atom. The second kappa shape index (κ2) is 5.43. The van der Waals surface area contributed by atoms with Crippen LogP contribution in [0.3, 0.4) is 0 Å². The van der Waals surface area contributed by atoms with Gasteiger partial charge in [-0.05, 0) is 37.3 Å². The summed E-state index contributed by atoms with van der Waals surface area (Å²) in [5.41, 5.74) is 0. The highest BCUT2D eigenvalue weighted by atomic mass is 32.1. The lowest BCUT2D eigenvalue weighted by atomic mass is 10.2. The molecular weight excluding hydrogens is 256 g/mol. The van der Waals surface area contributed by atoms with E-state index >= 15 is 0 Å². The summed E-state index contributed by atoms with van der Waals surface area (Å²) < 4.78 is 0. The molecule has 0 spiro atoms. The van der Waals surface area contributed by atoms with E-state index in [0.717, 1.165) is 28.4 Å². The van der Waals surface area contributed by atoms with Gasteiger partial charge >= 0.3 is 0 Å². The minimum atomic E-state index is 0.709. The van der Waals surface area contributed by atoms with Gasteiger partial charge in [-0.15, -0.1) is 11.3 Å². The molecular formula is C14H20N4S. The van der Waals surface area contributed by atoms with Crippen LogP contribution in [0.5, 0.6) is 0 Å². The summed E-state index contributed by atoms with van der Waals surface area (Å²) in [6, 6.07) is 2.79. The number of hydrogen-bond donors (Lipinski definition) is 1. The number of nitrogens with one attached hydrogen (secondary N) is 1. The van der Waals surface area contributed by atoms with Crippen molar-refractivity contribution in [3.05, 3.63) is 17.3 Å². The van der Waals surface area contributed by atoms with Gasteiger partial charge in [0.05, 0.1) is 11.9 Å². The Labute approximate surface area is 117 Å². The van der Waals surface area contributed by atoms with Gasteiger partial charge in [-0.3, -0.25) is 4.90 Å². The van der Waals surface area contributed by atoms with Gasteiger partial charge in [0, 0.05) is 13.1 Å². The van der Waals surface area contributed by atoms with Crippen LogP contribution in [-0.2, 0) is 6.54 Å². The van der Waals surface area contributed by atoms with Crippen LogP contribution in [0.1, 0.15) is 32.0 Å². The average molecular weight is 276 g/mol. The largest absolute Gasteiger partial charge is 0.372 e. The zero-order chi connectivity index (χ0) is 13.2. The first-order chi connectivity index (χ1) is 9.31. The van der Waals surface area contributed by atoms with E-state index in [2.05, 4.69) is 33.6 Å². The van der Waals surface area contributed by atoms with Crippen molar-refractivity contribution in [1.82, 2.24) is 14.9 Å². The molecule has 1 atom stereocenters. The van der Waals surface area contributed by atoms with Crippen molar-refractivity contribution in [3.8, 4) is 0 Å². The van der Waals surface area contributed by atoms with Crippen LogP contribution < -0.4 is 5.32 Å². The van der Waals surface area contributed by atoms with Gasteiger partial charge in [0.25, 0.3) is 0 Å². The summed E-state index contributed by atoms with van der Waals surface area (Å²) in [5.74, 6) is 1.90. The smallest absolute Gasteiger partial charge is 0.146 e. The zero-order valence-electron chi connectivity index (χ0n) is 11.5. The van der Waals surface area contributed by atoms with Crippen LogP contribution in [0.4, 0.5) is 5.82 Å². The van der Waals surface area contributed by atoms with Crippen molar-refractivity contribution in [1.29, 1.82) is 0 Å². The Hall–Kier alpha value is -1.20. The predicted octanol–water partition coefficient (Wildman–Crippen LogP) is 3.11. The molecule has 0 amide bonds. The number of anilines is 1. The lowest BCUT2D eigenvalue weighted by Gasteiger charge is -2.22. The number of aromatic nitrogens is 2. The Balaban J connectivity index is 1.88. The Bertz CT molecular complexity index is 566. The lowest BCUT2D eigenvalue weighted by Crippen LogP contribution is -2.29. The molecule has 1 aliphatic heterocycles. The standard InChI is InChI=1S/C14H20N4S/c1-3-10-5-4-7-18(10)9-12-16-13(15-2)11-6-8-19-14(11)17-12/h6,8,10H,3-5,7,9H2,1-2H3,(H,15,16,17). The number of likely N-dealkylation sites (tertiary alicyclic amines) is 1. The van der Waals surface area contributed by atoms with Crippen LogP contribution in [0.2, 0.25) is 0 Å². The maximum absolute atomic E-state index is 4.70. The molecule has 1 N–H and O–H groups in total. The third-order valence-electron chi connectivity index (χ3n) is 3.92. The fourth-order valence-electron chi connectivity index (χ4n) is 2.91. The predicted molar refractivity (Wildman–Crippen MR) is 80.7 cm³/mol. The highest BCUT2D eigenvalue weighted by Crippen LogP contribution is 2.26. The van der Waals surface area contributed by atoms with E-state index in [1.165, 1.54) is 25.8 Å². The van der Waals surface area contributed by atoms with Gasteiger partial charge in [0.2, 0.25) is 0 Å². The van der Waals surface area contributed by atoms with E-state index in [1.807, 2.05) is 7.05 Å². The first-order valence-corrected chi connectivity index (χ1v) is 7.85. The molecule has 1 fully saturated rings. The van der Waals surface area contributed by atoms with E-state index in [4.69, 9.17) is 4.98 Å². The molecule has 1 saturated heterocycles. The van der Waals surface area contributed by atoms with Crippen LogP contribution >= 0.6 is 11.3 Å². The Kier molecular flexibility index (Phi) is 3.66. The highest BCUT2D eigenvalue weighted by Gasteiger charge is 2.23. The van der Waals surface area contributed by atoms with E-state index < -0.39 is 0 Å². The molecule has 2 aromatic rings. The van der Waals surface area contributed by atoms with Crippen molar-refractivity contribution in [2.45, 2.75) is 38.8 Å². The minimum absolute atomic E-state index is 0.709. The number of nitrogens with zero attached hydrogens (tertiary/aromatic N) is 3. The van der Waals surface area contributed by atoms with Crippen molar-refractivity contribution in [3.63, 3.8) is 0 Å². The summed E-state index contributed by atoms with van der Waals surface area (Å²) >= 11 is 1.69. The summed E-state index contributed by atoms with van der Waals surface area (Å²) in [5, 5.41) is 6.39. The van der Waals surface area contributed by atoms with E-state index in [0.29, 0.717) is 6.04 Å². The second-order valence-electron chi connectivity index (χ2n) is 5.05. The summed E-state index contributed by atoms with van der Waals surface area (Å²) in [7, 11) is 1.92. The SMILES string of the molecule is CCC1CCCN1Cc1nc(NC)c2ccsc2n1. The molecule has 1 unspecified atom stereocenters. The van der Waals surface area contributed by atoms with E-state index in [1.54, 1.807) is 11.3 Å². The van der Waals surface area contributed by atoms with Gasteiger partial charge in [-0.1, -0.05) is 6.92 Å². The van der Waals surface area contributed by atoms with Gasteiger partial charge < -0.3 is 5.32 Å². The van der Waals surface area contributed by atoms with Gasteiger partial charge in [0.15, 0.2) is 0 Å². The Morgan fingerprint density at radius 2 is 2.37 bits per heavy atom. The van der Waals surface area contributed by atoms with Crippen molar-refractivity contribution in [2.75, 3.05) is 18.9 Å². The Morgan fingerprint density at radius 3 is 3.16 bits per heavy atom. The molecule has 3 heterocycles. The molecule has 0 aliphatic carbocycles. The zero-order valence-corrected chi connectivity index (χ0v) is 12.3. The van der Waals surface area contributed by atoms with Crippen molar-refractivity contribution < 1.29 is 0 Å². The van der Waals surface area contributed by atoms with Gasteiger partial charge in [-0.25, -0.2) is 9.97 Å². The van der Waals surface area contributed by atoms with E-state index in [-0.39, 0.29) is 0 Å². The summed E-state index contributed by atoms with van der Waals surface area (Å²) in [4.78, 5) is 13.0. The molecule has 2 aromatic heterocycles. The molecule has 3 rings (SSSR count). The topological polar surface area (TPSA) is 41.1 Å². The molecule has 0 saturated carbocycles. The first kappa shape index (κ1) is 12.8. The number of thiophene rings is 1. The fraction of sp³-hybridized carbons (Fsp3) is 0.571. The summed E-state index contributed by atoms with van der Waals surface area (Å²) in [6.07, 6.45) is 3.84.